The summed E-state index contributed by atoms with van der Waals surface area (Å²) in [5, 5.41) is 3.17. The minimum atomic E-state index is -1.44. The quantitative estimate of drug-likeness (QED) is 0.735. The highest BCUT2D eigenvalue weighted by molar-refractivity contribution is 7.04. The van der Waals surface area contributed by atoms with Crippen molar-refractivity contribution in [3.8, 4) is 0 Å². The fourth-order valence-electron chi connectivity index (χ4n) is 2.57. The van der Waals surface area contributed by atoms with Crippen molar-refractivity contribution >= 4 is 28.0 Å². The Morgan fingerprint density at radius 3 is 1.59 bits per heavy atom. The van der Waals surface area contributed by atoms with Gasteiger partial charge in [-0.15, -0.1) is 0 Å². The lowest BCUT2D eigenvalue weighted by atomic mass is 10.4. The van der Waals surface area contributed by atoms with Gasteiger partial charge < -0.3 is 0 Å². The fraction of sp³-hybridized carbons (Fsp3) is 0.200. The van der Waals surface area contributed by atoms with E-state index in [1.165, 1.54) is 5.67 Å². The second kappa shape index (κ2) is 5.47. The normalized spacial score (nSPS) is 12.1. The first kappa shape index (κ1) is 12.3. The van der Waals surface area contributed by atoms with Gasteiger partial charge in [0.1, 0.15) is 8.07 Å². The largest absolute Gasteiger partial charge is 0.112 e. The van der Waals surface area contributed by atoms with Gasteiger partial charge in [-0.3, -0.25) is 0 Å². The summed E-state index contributed by atoms with van der Waals surface area (Å²) in [6, 6.07) is 22.3. The SMILES string of the molecule is C[SiH2]C[Si](C)(c1ccccc1)c1ccccc1. The average Bonchev–Trinajstić information content (AvgIpc) is 2.41. The molecular weight excluding hydrogens is 236 g/mol. The van der Waals surface area contributed by atoms with Crippen LogP contribution in [0, 0.1) is 0 Å². The number of benzene rings is 2. The van der Waals surface area contributed by atoms with Gasteiger partial charge in [0, 0.05) is 9.52 Å². The molecule has 88 valence electrons. The molecule has 0 spiro atoms. The van der Waals surface area contributed by atoms with E-state index in [2.05, 4.69) is 73.8 Å². The van der Waals surface area contributed by atoms with E-state index in [4.69, 9.17) is 0 Å². The minimum absolute atomic E-state index is 0.0839. The van der Waals surface area contributed by atoms with Crippen LogP contribution in [-0.2, 0) is 0 Å². The van der Waals surface area contributed by atoms with Gasteiger partial charge in [-0.05, 0) is 0 Å². The molecule has 0 saturated heterocycles. The molecular formula is C15H20Si2. The van der Waals surface area contributed by atoms with Crippen LogP contribution in [0.15, 0.2) is 60.7 Å². The lowest BCUT2D eigenvalue weighted by Gasteiger charge is -2.28. The maximum atomic E-state index is 2.52. The minimum Gasteiger partial charge on any atom is -0.0750 e. The Morgan fingerprint density at radius 1 is 0.824 bits per heavy atom. The number of hydrogen-bond donors (Lipinski definition) is 0. The maximum absolute atomic E-state index is 2.52. The molecule has 0 N–H and O–H groups in total. The highest BCUT2D eigenvalue weighted by Gasteiger charge is 2.30. The molecule has 0 atom stereocenters. The average molecular weight is 256 g/mol. The Kier molecular flexibility index (Phi) is 3.97. The van der Waals surface area contributed by atoms with Gasteiger partial charge in [-0.1, -0.05) is 89.8 Å². The molecule has 0 heterocycles. The van der Waals surface area contributed by atoms with Gasteiger partial charge in [0.05, 0.1) is 0 Å². The van der Waals surface area contributed by atoms with Crippen molar-refractivity contribution in [3.63, 3.8) is 0 Å². The topological polar surface area (TPSA) is 0 Å². The molecule has 0 radical (unpaired) electrons. The molecule has 0 aliphatic rings. The molecule has 0 unspecified atom stereocenters. The summed E-state index contributed by atoms with van der Waals surface area (Å²) in [7, 11) is -1.36. The highest BCUT2D eigenvalue weighted by Crippen LogP contribution is 2.10. The maximum Gasteiger partial charge on any atom is 0.112 e. The Bertz CT molecular complexity index is 411. The van der Waals surface area contributed by atoms with E-state index in [9.17, 15) is 0 Å². The van der Waals surface area contributed by atoms with E-state index < -0.39 is 8.07 Å². The highest BCUT2D eigenvalue weighted by atomic mass is 28.4. The van der Waals surface area contributed by atoms with Crippen LogP contribution in [0.2, 0.25) is 18.8 Å². The van der Waals surface area contributed by atoms with E-state index in [1.54, 1.807) is 10.4 Å². The summed E-state index contributed by atoms with van der Waals surface area (Å²) in [6.07, 6.45) is 0. The summed E-state index contributed by atoms with van der Waals surface area (Å²) in [4.78, 5) is 0. The van der Waals surface area contributed by atoms with E-state index in [0.717, 1.165) is 0 Å². The molecule has 2 aromatic rings. The standard InChI is InChI=1S/C15H20Si2/c1-16-13-17(2,14-9-5-3-6-10-14)15-11-7-4-8-12-15/h3-12H,13,16H2,1-2H3. The molecule has 0 aliphatic heterocycles. The van der Waals surface area contributed by atoms with Gasteiger partial charge >= 0.3 is 0 Å². The van der Waals surface area contributed by atoms with Crippen LogP contribution < -0.4 is 10.4 Å². The molecule has 2 heteroatoms. The molecule has 0 saturated carbocycles. The van der Waals surface area contributed by atoms with Crippen LogP contribution in [0.1, 0.15) is 0 Å². The van der Waals surface area contributed by atoms with Crippen molar-refractivity contribution in [2.45, 2.75) is 18.8 Å². The summed E-state index contributed by atoms with van der Waals surface area (Å²) >= 11 is 0. The van der Waals surface area contributed by atoms with Gasteiger partial charge in [-0.25, -0.2) is 0 Å². The summed E-state index contributed by atoms with van der Waals surface area (Å²) in [5.74, 6) is 0. The van der Waals surface area contributed by atoms with Gasteiger partial charge in [0.25, 0.3) is 0 Å². The Labute approximate surface area is 108 Å². The summed E-state index contributed by atoms with van der Waals surface area (Å²) in [6.45, 7) is 4.95. The first-order valence-electron chi connectivity index (χ1n) is 6.38. The lowest BCUT2D eigenvalue weighted by molar-refractivity contribution is 1.63. The van der Waals surface area contributed by atoms with Crippen molar-refractivity contribution in [1.82, 2.24) is 0 Å². The van der Waals surface area contributed by atoms with Crippen LogP contribution in [0.5, 0.6) is 0 Å². The molecule has 2 aromatic carbocycles. The second-order valence-electron chi connectivity index (χ2n) is 4.81. The zero-order valence-corrected chi connectivity index (χ0v) is 13.1. The van der Waals surface area contributed by atoms with E-state index in [1.807, 2.05) is 0 Å². The van der Waals surface area contributed by atoms with Crippen LogP contribution in [0.3, 0.4) is 0 Å². The third-order valence-electron chi connectivity index (χ3n) is 3.57. The Hall–Kier alpha value is -1.13. The third kappa shape index (κ3) is 2.59. The number of rotatable bonds is 4. The smallest absolute Gasteiger partial charge is 0.0750 e. The van der Waals surface area contributed by atoms with Crippen molar-refractivity contribution in [2.75, 3.05) is 0 Å². The summed E-state index contributed by atoms with van der Waals surface area (Å²) < 4.78 is 0. The molecule has 0 nitrogen and oxygen atoms in total. The zero-order chi connectivity index (χ0) is 12.1. The molecule has 0 bridgehead atoms. The predicted octanol–water partition coefficient (Wildman–Crippen LogP) is 2.05. The molecule has 0 aliphatic carbocycles. The fourth-order valence-corrected chi connectivity index (χ4v) is 11.1. The Balaban J connectivity index is 2.47. The monoisotopic (exact) mass is 256 g/mol. The van der Waals surface area contributed by atoms with Gasteiger partial charge in [0.15, 0.2) is 0 Å². The summed E-state index contributed by atoms with van der Waals surface area (Å²) in [5.41, 5.74) is 1.46. The van der Waals surface area contributed by atoms with Crippen LogP contribution in [0.4, 0.5) is 0 Å². The van der Waals surface area contributed by atoms with Crippen molar-refractivity contribution in [3.05, 3.63) is 60.7 Å². The first-order chi connectivity index (χ1) is 8.27. The van der Waals surface area contributed by atoms with E-state index in [-0.39, 0.29) is 9.52 Å². The molecule has 2 rings (SSSR count). The zero-order valence-electron chi connectivity index (χ0n) is 10.7. The van der Waals surface area contributed by atoms with Crippen LogP contribution in [0.25, 0.3) is 0 Å². The first-order valence-corrected chi connectivity index (χ1v) is 11.5. The van der Waals surface area contributed by atoms with Crippen molar-refractivity contribution < 1.29 is 0 Å². The third-order valence-corrected chi connectivity index (χ3v) is 12.8. The van der Waals surface area contributed by atoms with Crippen molar-refractivity contribution in [1.29, 1.82) is 0 Å². The lowest BCUT2D eigenvalue weighted by Crippen LogP contribution is -2.56. The number of hydrogen-bond acceptors (Lipinski definition) is 0. The van der Waals surface area contributed by atoms with E-state index >= 15 is 0 Å². The second-order valence-corrected chi connectivity index (χ2v) is 11.6. The predicted molar refractivity (Wildman–Crippen MR) is 83.0 cm³/mol. The van der Waals surface area contributed by atoms with Gasteiger partial charge in [0.2, 0.25) is 0 Å². The molecule has 17 heavy (non-hydrogen) atoms. The van der Waals surface area contributed by atoms with Crippen LogP contribution >= 0.6 is 0 Å². The van der Waals surface area contributed by atoms with Crippen LogP contribution in [-0.4, -0.2) is 17.6 Å². The van der Waals surface area contributed by atoms with E-state index in [0.29, 0.717) is 0 Å². The molecule has 0 amide bonds. The molecule has 0 aromatic heterocycles. The Morgan fingerprint density at radius 2 is 1.24 bits per heavy atom. The molecule has 0 fully saturated rings. The van der Waals surface area contributed by atoms with Crippen molar-refractivity contribution in [2.24, 2.45) is 0 Å². The van der Waals surface area contributed by atoms with Gasteiger partial charge in [-0.2, -0.15) is 0 Å².